The van der Waals surface area contributed by atoms with Gasteiger partial charge in [0.1, 0.15) is 6.04 Å². The fourth-order valence-electron chi connectivity index (χ4n) is 2.02. The second-order valence-corrected chi connectivity index (χ2v) is 4.53. The van der Waals surface area contributed by atoms with Gasteiger partial charge in [-0.2, -0.15) is 0 Å². The van der Waals surface area contributed by atoms with Crippen molar-refractivity contribution in [1.82, 2.24) is 14.9 Å². The van der Waals surface area contributed by atoms with Gasteiger partial charge in [-0.05, 0) is 19.0 Å². The van der Waals surface area contributed by atoms with Crippen LogP contribution in [0.5, 0.6) is 0 Å². The second-order valence-electron chi connectivity index (χ2n) is 4.53. The van der Waals surface area contributed by atoms with E-state index in [1.807, 2.05) is 16.8 Å². The Kier molecular flexibility index (Phi) is 3.76. The Hall–Kier alpha value is -1.69. The Bertz CT molecular complexity index is 421. The summed E-state index contributed by atoms with van der Waals surface area (Å²) in [6.45, 7) is 3.94. The molecule has 0 bridgehead atoms. The average Bonchev–Trinajstić information content (AvgIpc) is 2.39. The zero-order valence-corrected chi connectivity index (χ0v) is 10.7. The first kappa shape index (κ1) is 12.8. The summed E-state index contributed by atoms with van der Waals surface area (Å²) in [6.07, 6.45) is 4.51. The number of aromatic nitrogens is 2. The highest BCUT2D eigenvalue weighted by Gasteiger charge is 2.30. The molecule has 2 heterocycles. The molecule has 98 valence electrons. The number of hydrogen-bond acceptors (Lipinski definition) is 5. The number of carboxylic acids is 1. The van der Waals surface area contributed by atoms with Gasteiger partial charge in [0.2, 0.25) is 5.95 Å². The summed E-state index contributed by atoms with van der Waals surface area (Å²) in [7, 11) is 1.83. The maximum atomic E-state index is 11.1. The lowest BCUT2D eigenvalue weighted by Gasteiger charge is -2.37. The molecule has 1 aromatic heterocycles. The number of anilines is 1. The second kappa shape index (κ2) is 5.30. The van der Waals surface area contributed by atoms with Gasteiger partial charge in [0.05, 0.1) is 0 Å². The first-order valence-corrected chi connectivity index (χ1v) is 6.10. The van der Waals surface area contributed by atoms with Crippen LogP contribution >= 0.6 is 0 Å². The predicted octanol–water partition coefficient (Wildman–Crippen LogP) is 0.244. The molecule has 1 saturated heterocycles. The van der Waals surface area contributed by atoms with E-state index in [0.29, 0.717) is 19.0 Å². The number of aliphatic carboxylic acids is 1. The van der Waals surface area contributed by atoms with E-state index in [1.54, 1.807) is 12.4 Å². The fraction of sp³-hybridized carbons (Fsp3) is 0.583. The summed E-state index contributed by atoms with van der Waals surface area (Å²) in [5, 5.41) is 9.15. The number of likely N-dealkylation sites (N-methyl/N-ethyl adjacent to an activating group) is 1. The molecule has 6 heteroatoms. The van der Waals surface area contributed by atoms with E-state index in [-0.39, 0.29) is 0 Å². The molecule has 0 aromatic carbocycles. The minimum Gasteiger partial charge on any atom is -0.480 e. The van der Waals surface area contributed by atoms with Crippen molar-refractivity contribution in [3.8, 4) is 0 Å². The van der Waals surface area contributed by atoms with Gasteiger partial charge < -0.3 is 10.0 Å². The molecule has 0 unspecified atom stereocenters. The van der Waals surface area contributed by atoms with Crippen LogP contribution in [0.3, 0.4) is 0 Å². The molecular weight excluding hydrogens is 232 g/mol. The number of hydrogen-bond donors (Lipinski definition) is 1. The van der Waals surface area contributed by atoms with Crippen LogP contribution < -0.4 is 4.90 Å². The first-order chi connectivity index (χ1) is 8.61. The van der Waals surface area contributed by atoms with Crippen LogP contribution in [0, 0.1) is 0 Å². The van der Waals surface area contributed by atoms with Gasteiger partial charge in [-0.1, -0.05) is 6.92 Å². The normalized spacial score (nSPS) is 21.0. The average molecular weight is 250 g/mol. The van der Waals surface area contributed by atoms with Gasteiger partial charge in [-0.15, -0.1) is 0 Å². The van der Waals surface area contributed by atoms with E-state index >= 15 is 0 Å². The van der Waals surface area contributed by atoms with E-state index in [2.05, 4.69) is 16.9 Å². The van der Waals surface area contributed by atoms with Crippen LogP contribution in [0.4, 0.5) is 5.95 Å². The molecule has 6 nitrogen and oxygen atoms in total. The van der Waals surface area contributed by atoms with Crippen molar-refractivity contribution in [2.75, 3.05) is 31.6 Å². The third-order valence-electron chi connectivity index (χ3n) is 3.32. The number of carboxylic acid groups (broad SMARTS) is 1. The lowest BCUT2D eigenvalue weighted by molar-refractivity contribution is -0.142. The zero-order valence-electron chi connectivity index (χ0n) is 10.7. The molecule has 1 aliphatic heterocycles. The zero-order chi connectivity index (χ0) is 13.1. The summed E-state index contributed by atoms with van der Waals surface area (Å²) >= 11 is 0. The monoisotopic (exact) mass is 250 g/mol. The van der Waals surface area contributed by atoms with Crippen molar-refractivity contribution in [1.29, 1.82) is 0 Å². The molecule has 1 N–H and O–H groups in total. The Morgan fingerprint density at radius 2 is 2.11 bits per heavy atom. The smallest absolute Gasteiger partial charge is 0.322 e. The lowest BCUT2D eigenvalue weighted by Crippen LogP contribution is -2.55. The third-order valence-corrected chi connectivity index (χ3v) is 3.32. The van der Waals surface area contributed by atoms with Crippen molar-refractivity contribution >= 4 is 11.9 Å². The molecule has 18 heavy (non-hydrogen) atoms. The third kappa shape index (κ3) is 2.59. The van der Waals surface area contributed by atoms with Gasteiger partial charge in [0, 0.05) is 32.0 Å². The molecule has 0 radical (unpaired) electrons. The number of nitrogens with zero attached hydrogens (tertiary/aromatic N) is 4. The molecule has 1 atom stereocenters. The predicted molar refractivity (Wildman–Crippen MR) is 67.7 cm³/mol. The highest BCUT2D eigenvalue weighted by Crippen LogP contribution is 2.14. The van der Waals surface area contributed by atoms with E-state index in [9.17, 15) is 4.79 Å². The molecule has 0 amide bonds. The summed E-state index contributed by atoms with van der Waals surface area (Å²) in [4.78, 5) is 23.5. The Balaban J connectivity index is 2.11. The fourth-order valence-corrected chi connectivity index (χ4v) is 2.02. The van der Waals surface area contributed by atoms with Gasteiger partial charge in [-0.25, -0.2) is 9.97 Å². The van der Waals surface area contributed by atoms with Gasteiger partial charge in [0.25, 0.3) is 0 Å². The van der Waals surface area contributed by atoms with Crippen LogP contribution in [-0.4, -0.2) is 58.7 Å². The maximum absolute atomic E-state index is 11.1. The molecule has 1 aliphatic rings. The van der Waals surface area contributed by atoms with E-state index < -0.39 is 12.0 Å². The minimum atomic E-state index is -0.799. The topological polar surface area (TPSA) is 69.6 Å². The van der Waals surface area contributed by atoms with Crippen LogP contribution in [0.2, 0.25) is 0 Å². The van der Waals surface area contributed by atoms with E-state index in [0.717, 1.165) is 18.5 Å². The van der Waals surface area contributed by atoms with Crippen molar-refractivity contribution in [3.05, 3.63) is 18.0 Å². The molecule has 1 aromatic rings. The van der Waals surface area contributed by atoms with Crippen LogP contribution in [0.15, 0.2) is 12.4 Å². The number of piperazine rings is 1. The van der Waals surface area contributed by atoms with Crippen molar-refractivity contribution in [3.63, 3.8) is 0 Å². The summed E-state index contributed by atoms with van der Waals surface area (Å²) in [6, 6.07) is -0.492. The Labute approximate surface area is 106 Å². The minimum absolute atomic E-state index is 0.428. The number of carbonyl (C=O) groups is 1. The molecule has 0 aliphatic carbocycles. The number of aryl methyl sites for hydroxylation is 1. The quantitative estimate of drug-likeness (QED) is 0.829. The Morgan fingerprint density at radius 3 is 2.67 bits per heavy atom. The van der Waals surface area contributed by atoms with Crippen LogP contribution in [0.25, 0.3) is 0 Å². The molecule has 1 fully saturated rings. The highest BCUT2D eigenvalue weighted by molar-refractivity contribution is 5.74. The van der Waals surface area contributed by atoms with E-state index in [1.165, 1.54) is 0 Å². The van der Waals surface area contributed by atoms with Crippen molar-refractivity contribution < 1.29 is 9.90 Å². The molecule has 0 spiro atoms. The SMILES string of the molecule is CCc1cnc(N2CCN(C)[C@H](C(=O)O)C2)nc1. The first-order valence-electron chi connectivity index (χ1n) is 6.10. The maximum Gasteiger partial charge on any atom is 0.322 e. The standard InChI is InChI=1S/C12H18N4O2/c1-3-9-6-13-12(14-7-9)16-5-4-15(2)10(8-16)11(17)18/h6-7,10H,3-5,8H2,1-2H3,(H,17,18)/t10-/m0/s1. The van der Waals surface area contributed by atoms with E-state index in [4.69, 9.17) is 5.11 Å². The molecular formula is C12H18N4O2. The van der Waals surface area contributed by atoms with Crippen molar-refractivity contribution in [2.24, 2.45) is 0 Å². The van der Waals surface area contributed by atoms with Crippen LogP contribution in [0.1, 0.15) is 12.5 Å². The molecule has 0 saturated carbocycles. The molecule has 2 rings (SSSR count). The summed E-state index contributed by atoms with van der Waals surface area (Å²) in [5.41, 5.74) is 1.09. The number of rotatable bonds is 3. The Morgan fingerprint density at radius 1 is 1.44 bits per heavy atom. The summed E-state index contributed by atoms with van der Waals surface area (Å²) < 4.78 is 0. The largest absolute Gasteiger partial charge is 0.480 e. The lowest BCUT2D eigenvalue weighted by atomic mass is 10.2. The van der Waals surface area contributed by atoms with Crippen molar-refractivity contribution in [2.45, 2.75) is 19.4 Å². The van der Waals surface area contributed by atoms with Gasteiger partial charge >= 0.3 is 5.97 Å². The van der Waals surface area contributed by atoms with Gasteiger partial charge in [0.15, 0.2) is 0 Å². The van der Waals surface area contributed by atoms with Crippen LogP contribution in [-0.2, 0) is 11.2 Å². The van der Waals surface area contributed by atoms with Gasteiger partial charge in [-0.3, -0.25) is 9.69 Å². The highest BCUT2D eigenvalue weighted by atomic mass is 16.4. The summed E-state index contributed by atoms with van der Waals surface area (Å²) in [5.74, 6) is -0.182.